The molecule has 1 aromatic heterocycles. The molecular formula is C7H11N5O3S. The lowest BCUT2D eigenvalue weighted by atomic mass is 10.6. The normalized spacial score (nSPS) is 10.1. The lowest BCUT2D eigenvalue weighted by Gasteiger charge is -2.01. The van der Waals surface area contributed by atoms with Crippen LogP contribution in [0.15, 0.2) is 5.16 Å². The monoisotopic (exact) mass is 245 g/mol. The molecule has 0 atom stereocenters. The summed E-state index contributed by atoms with van der Waals surface area (Å²) < 4.78 is 1.13. The van der Waals surface area contributed by atoms with Gasteiger partial charge in [0.25, 0.3) is 0 Å². The maximum Gasteiger partial charge on any atom is 0.325 e. The van der Waals surface area contributed by atoms with Gasteiger partial charge >= 0.3 is 5.97 Å². The summed E-state index contributed by atoms with van der Waals surface area (Å²) in [4.78, 5) is 21.6. The first-order chi connectivity index (χ1) is 7.63. The summed E-state index contributed by atoms with van der Waals surface area (Å²) in [6.45, 7) is 2.06. The third kappa shape index (κ3) is 3.85. The van der Waals surface area contributed by atoms with Crippen LogP contribution in [-0.2, 0) is 16.1 Å². The maximum atomic E-state index is 11.1. The molecule has 0 saturated carbocycles. The summed E-state index contributed by atoms with van der Waals surface area (Å²) in [5.74, 6) is -1.02. The number of carboxylic acids is 1. The molecule has 88 valence electrons. The highest BCUT2D eigenvalue weighted by Gasteiger charge is 2.11. The summed E-state index contributed by atoms with van der Waals surface area (Å²) in [5, 5.41) is 22.0. The summed E-state index contributed by atoms with van der Waals surface area (Å²) in [6, 6.07) is 0. The van der Waals surface area contributed by atoms with E-state index < -0.39 is 5.97 Å². The van der Waals surface area contributed by atoms with Crippen LogP contribution in [0.5, 0.6) is 0 Å². The number of thioether (sulfide) groups is 1. The van der Waals surface area contributed by atoms with E-state index in [9.17, 15) is 9.59 Å². The molecule has 0 spiro atoms. The second-order valence-electron chi connectivity index (χ2n) is 2.76. The van der Waals surface area contributed by atoms with Crippen LogP contribution in [0.2, 0.25) is 0 Å². The number of carbonyl (C=O) groups is 2. The molecule has 1 amide bonds. The van der Waals surface area contributed by atoms with Crippen LogP contribution in [0, 0.1) is 0 Å². The molecule has 0 aliphatic carbocycles. The van der Waals surface area contributed by atoms with Crippen molar-refractivity contribution in [2.24, 2.45) is 0 Å². The van der Waals surface area contributed by atoms with Crippen LogP contribution in [0.1, 0.15) is 6.92 Å². The fourth-order valence-electron chi connectivity index (χ4n) is 0.905. The molecule has 0 unspecified atom stereocenters. The van der Waals surface area contributed by atoms with Gasteiger partial charge in [-0.15, -0.1) is 5.10 Å². The predicted octanol–water partition coefficient (Wildman–Crippen LogP) is -1.01. The molecule has 0 aliphatic heterocycles. The van der Waals surface area contributed by atoms with Crippen molar-refractivity contribution >= 4 is 23.6 Å². The number of carbonyl (C=O) groups excluding carboxylic acids is 1. The minimum Gasteiger partial charge on any atom is -0.480 e. The van der Waals surface area contributed by atoms with Crippen LogP contribution in [-0.4, -0.2) is 49.5 Å². The van der Waals surface area contributed by atoms with Crippen molar-refractivity contribution in [1.29, 1.82) is 0 Å². The smallest absolute Gasteiger partial charge is 0.325 e. The molecule has 0 aliphatic rings. The van der Waals surface area contributed by atoms with E-state index in [1.54, 1.807) is 0 Å². The van der Waals surface area contributed by atoms with Gasteiger partial charge in [0.1, 0.15) is 6.54 Å². The first kappa shape index (κ1) is 12.4. The fraction of sp³-hybridized carbons (Fsp3) is 0.571. The molecule has 0 aromatic carbocycles. The number of amides is 1. The highest BCUT2D eigenvalue weighted by molar-refractivity contribution is 7.99. The average molecular weight is 245 g/mol. The molecule has 1 rings (SSSR count). The van der Waals surface area contributed by atoms with Crippen LogP contribution in [0.3, 0.4) is 0 Å². The topological polar surface area (TPSA) is 110 Å². The highest BCUT2D eigenvalue weighted by atomic mass is 32.2. The summed E-state index contributed by atoms with van der Waals surface area (Å²) in [5.41, 5.74) is 0. The highest BCUT2D eigenvalue weighted by Crippen LogP contribution is 2.12. The molecule has 9 heteroatoms. The zero-order valence-electron chi connectivity index (χ0n) is 8.58. The quantitative estimate of drug-likeness (QED) is 0.617. The number of hydrogen-bond donors (Lipinski definition) is 2. The lowest BCUT2D eigenvalue weighted by Crippen LogP contribution is -2.24. The van der Waals surface area contributed by atoms with Crippen molar-refractivity contribution in [3.8, 4) is 0 Å². The van der Waals surface area contributed by atoms with E-state index in [1.165, 1.54) is 0 Å². The average Bonchev–Trinajstić information content (AvgIpc) is 2.62. The molecule has 16 heavy (non-hydrogen) atoms. The van der Waals surface area contributed by atoms with E-state index in [1.807, 2.05) is 6.92 Å². The number of aliphatic carboxylic acids is 1. The zero-order chi connectivity index (χ0) is 12.0. The van der Waals surface area contributed by atoms with Gasteiger partial charge in [-0.3, -0.25) is 9.59 Å². The Hall–Kier alpha value is -1.64. The SMILES string of the molecule is CCNC(=O)CSc1nnnn1CC(=O)O. The van der Waals surface area contributed by atoms with Gasteiger partial charge in [0, 0.05) is 6.54 Å². The van der Waals surface area contributed by atoms with E-state index in [-0.39, 0.29) is 18.2 Å². The fourth-order valence-corrected chi connectivity index (χ4v) is 1.61. The van der Waals surface area contributed by atoms with Crippen LogP contribution in [0.25, 0.3) is 0 Å². The van der Waals surface area contributed by atoms with Gasteiger partial charge < -0.3 is 10.4 Å². The Morgan fingerprint density at radius 1 is 1.56 bits per heavy atom. The molecule has 1 aromatic rings. The molecule has 0 radical (unpaired) electrons. The Kier molecular flexibility index (Phi) is 4.70. The van der Waals surface area contributed by atoms with E-state index in [2.05, 4.69) is 20.8 Å². The van der Waals surface area contributed by atoms with Gasteiger partial charge in [-0.1, -0.05) is 11.8 Å². The third-order valence-electron chi connectivity index (χ3n) is 1.49. The largest absolute Gasteiger partial charge is 0.480 e. The number of carboxylic acid groups (broad SMARTS) is 1. The van der Waals surface area contributed by atoms with Crippen LogP contribution >= 0.6 is 11.8 Å². The van der Waals surface area contributed by atoms with Gasteiger partial charge in [0.05, 0.1) is 5.75 Å². The van der Waals surface area contributed by atoms with Gasteiger partial charge in [0.15, 0.2) is 0 Å². The van der Waals surface area contributed by atoms with Crippen molar-refractivity contribution in [2.45, 2.75) is 18.6 Å². The van der Waals surface area contributed by atoms with E-state index in [4.69, 9.17) is 5.11 Å². The van der Waals surface area contributed by atoms with Gasteiger partial charge in [-0.05, 0) is 17.4 Å². The Bertz CT molecular complexity index is 380. The molecular weight excluding hydrogens is 234 g/mol. The molecule has 0 saturated heterocycles. The van der Waals surface area contributed by atoms with Crippen LogP contribution < -0.4 is 5.32 Å². The summed E-state index contributed by atoms with van der Waals surface area (Å²) in [6.07, 6.45) is 0. The number of tetrazole rings is 1. The number of nitrogens with one attached hydrogen (secondary N) is 1. The van der Waals surface area contributed by atoms with Crippen molar-refractivity contribution in [3.05, 3.63) is 0 Å². The Labute approximate surface area is 95.4 Å². The van der Waals surface area contributed by atoms with Crippen molar-refractivity contribution in [3.63, 3.8) is 0 Å². The number of nitrogens with zero attached hydrogens (tertiary/aromatic N) is 4. The Morgan fingerprint density at radius 2 is 2.31 bits per heavy atom. The first-order valence-electron chi connectivity index (χ1n) is 4.51. The predicted molar refractivity (Wildman–Crippen MR) is 54.9 cm³/mol. The lowest BCUT2D eigenvalue weighted by molar-refractivity contribution is -0.138. The molecule has 2 N–H and O–H groups in total. The van der Waals surface area contributed by atoms with Gasteiger partial charge in [-0.25, -0.2) is 4.68 Å². The number of hydrogen-bond acceptors (Lipinski definition) is 6. The summed E-state index contributed by atoms with van der Waals surface area (Å²) >= 11 is 1.10. The van der Waals surface area contributed by atoms with E-state index >= 15 is 0 Å². The summed E-state index contributed by atoms with van der Waals surface area (Å²) in [7, 11) is 0. The molecule has 1 heterocycles. The minimum atomic E-state index is -1.04. The van der Waals surface area contributed by atoms with Crippen molar-refractivity contribution < 1.29 is 14.7 Å². The Morgan fingerprint density at radius 3 is 2.94 bits per heavy atom. The minimum absolute atomic E-state index is 0.141. The Balaban J connectivity index is 2.50. The molecule has 0 fully saturated rings. The van der Waals surface area contributed by atoms with Gasteiger partial charge in [-0.2, -0.15) is 0 Å². The van der Waals surface area contributed by atoms with Gasteiger partial charge in [0.2, 0.25) is 11.1 Å². The first-order valence-corrected chi connectivity index (χ1v) is 5.49. The standard InChI is InChI=1S/C7H11N5O3S/c1-2-8-5(13)4-16-7-9-10-11-12(7)3-6(14)15/h2-4H2,1H3,(H,8,13)(H,14,15). The van der Waals surface area contributed by atoms with Crippen molar-refractivity contribution in [1.82, 2.24) is 25.5 Å². The van der Waals surface area contributed by atoms with Crippen molar-refractivity contribution in [2.75, 3.05) is 12.3 Å². The third-order valence-corrected chi connectivity index (χ3v) is 2.45. The molecule has 0 bridgehead atoms. The number of rotatable bonds is 6. The second kappa shape index (κ2) is 6.05. The van der Waals surface area contributed by atoms with E-state index in [0.29, 0.717) is 11.7 Å². The molecule has 8 nitrogen and oxygen atoms in total. The van der Waals surface area contributed by atoms with E-state index in [0.717, 1.165) is 16.4 Å². The number of aromatic nitrogens is 4. The maximum absolute atomic E-state index is 11.1. The zero-order valence-corrected chi connectivity index (χ0v) is 9.40. The van der Waals surface area contributed by atoms with Crippen LogP contribution in [0.4, 0.5) is 0 Å². The second-order valence-corrected chi connectivity index (χ2v) is 3.70.